The first-order chi connectivity index (χ1) is 11.5. The van der Waals surface area contributed by atoms with Crippen LogP contribution in [0.15, 0.2) is 52.1 Å². The molecule has 0 radical (unpaired) electrons. The lowest BCUT2D eigenvalue weighted by Gasteiger charge is -2.22. The van der Waals surface area contributed by atoms with Gasteiger partial charge in [0.05, 0.1) is 23.1 Å². The number of methoxy groups -OCH3 is 2. The SMILES string of the molecule is COCCN(Cc1cccnc1)S(=O)(=O)c1ccc(OC)c(Br)c1. The summed E-state index contributed by atoms with van der Waals surface area (Å²) in [6.45, 7) is 0.775. The number of hydrogen-bond donors (Lipinski definition) is 0. The predicted octanol–water partition coefficient (Wildman–Crippen LogP) is 2.69. The van der Waals surface area contributed by atoms with Crippen molar-refractivity contribution in [2.75, 3.05) is 27.4 Å². The molecule has 0 aliphatic rings. The molecule has 1 heterocycles. The molecule has 0 aliphatic heterocycles. The molecule has 0 saturated carbocycles. The highest BCUT2D eigenvalue weighted by Gasteiger charge is 2.25. The van der Waals surface area contributed by atoms with Crippen LogP contribution in [0.2, 0.25) is 0 Å². The highest BCUT2D eigenvalue weighted by Crippen LogP contribution is 2.29. The van der Waals surface area contributed by atoms with Gasteiger partial charge in [0.2, 0.25) is 10.0 Å². The van der Waals surface area contributed by atoms with Crippen molar-refractivity contribution < 1.29 is 17.9 Å². The Balaban J connectivity index is 2.34. The summed E-state index contributed by atoms with van der Waals surface area (Å²) in [6, 6.07) is 8.31. The third-order valence-corrected chi connectivity index (χ3v) is 5.85. The van der Waals surface area contributed by atoms with Crippen LogP contribution in [0.5, 0.6) is 5.75 Å². The minimum atomic E-state index is -3.68. The monoisotopic (exact) mass is 414 g/mol. The molecule has 2 rings (SSSR count). The maximum absolute atomic E-state index is 13.0. The van der Waals surface area contributed by atoms with Crippen LogP contribution in [0.3, 0.4) is 0 Å². The van der Waals surface area contributed by atoms with Crippen molar-refractivity contribution in [1.29, 1.82) is 0 Å². The van der Waals surface area contributed by atoms with Gasteiger partial charge in [-0.25, -0.2) is 8.42 Å². The Kier molecular flexibility index (Phi) is 6.73. The lowest BCUT2D eigenvalue weighted by Crippen LogP contribution is -2.33. The first-order valence-electron chi connectivity index (χ1n) is 7.20. The fourth-order valence-electron chi connectivity index (χ4n) is 2.13. The fourth-order valence-corrected chi connectivity index (χ4v) is 4.26. The van der Waals surface area contributed by atoms with E-state index >= 15 is 0 Å². The molecule has 0 aliphatic carbocycles. The number of benzene rings is 1. The molecule has 0 bridgehead atoms. The highest BCUT2D eigenvalue weighted by molar-refractivity contribution is 9.10. The summed E-state index contributed by atoms with van der Waals surface area (Å²) < 4.78 is 38.1. The second-order valence-corrected chi connectivity index (χ2v) is 7.78. The first-order valence-corrected chi connectivity index (χ1v) is 9.44. The number of halogens is 1. The molecular formula is C16H19BrN2O4S. The van der Waals surface area contributed by atoms with Crippen molar-refractivity contribution >= 4 is 26.0 Å². The van der Waals surface area contributed by atoms with Crippen molar-refractivity contribution in [2.24, 2.45) is 0 Å². The molecule has 8 heteroatoms. The maximum Gasteiger partial charge on any atom is 0.243 e. The van der Waals surface area contributed by atoms with Crippen molar-refractivity contribution in [3.05, 3.63) is 52.8 Å². The molecule has 24 heavy (non-hydrogen) atoms. The summed E-state index contributed by atoms with van der Waals surface area (Å²) in [5.74, 6) is 0.574. The normalized spacial score (nSPS) is 11.7. The van der Waals surface area contributed by atoms with Crippen LogP contribution in [-0.4, -0.2) is 45.1 Å². The Hall–Kier alpha value is -1.48. The van der Waals surface area contributed by atoms with Crippen molar-refractivity contribution in [2.45, 2.75) is 11.4 Å². The van der Waals surface area contributed by atoms with Crippen LogP contribution in [0.4, 0.5) is 0 Å². The molecule has 1 aromatic carbocycles. The number of nitrogens with zero attached hydrogens (tertiary/aromatic N) is 2. The summed E-state index contributed by atoms with van der Waals surface area (Å²) >= 11 is 3.33. The number of sulfonamides is 1. The van der Waals surface area contributed by atoms with Crippen LogP contribution in [-0.2, 0) is 21.3 Å². The number of pyridine rings is 1. The lowest BCUT2D eigenvalue weighted by molar-refractivity contribution is 0.177. The topological polar surface area (TPSA) is 68.7 Å². The number of aromatic nitrogens is 1. The third-order valence-electron chi connectivity index (χ3n) is 3.39. The van der Waals surface area contributed by atoms with E-state index < -0.39 is 10.0 Å². The van der Waals surface area contributed by atoms with Gasteiger partial charge >= 0.3 is 0 Å². The highest BCUT2D eigenvalue weighted by atomic mass is 79.9. The Bertz CT molecular complexity index is 769. The van der Waals surface area contributed by atoms with E-state index in [1.165, 1.54) is 23.5 Å². The average Bonchev–Trinajstić information content (AvgIpc) is 2.59. The van der Waals surface area contributed by atoms with Crippen LogP contribution < -0.4 is 4.74 Å². The van der Waals surface area contributed by atoms with E-state index in [9.17, 15) is 8.42 Å². The fraction of sp³-hybridized carbons (Fsp3) is 0.312. The van der Waals surface area contributed by atoms with E-state index in [0.29, 0.717) is 16.8 Å². The summed E-state index contributed by atoms with van der Waals surface area (Å²) in [5.41, 5.74) is 0.810. The molecule has 0 spiro atoms. The van der Waals surface area contributed by atoms with Crippen LogP contribution >= 0.6 is 15.9 Å². The smallest absolute Gasteiger partial charge is 0.243 e. The van der Waals surface area contributed by atoms with Gasteiger partial charge in [-0.3, -0.25) is 4.98 Å². The molecule has 0 fully saturated rings. The molecular weight excluding hydrogens is 396 g/mol. The van der Waals surface area contributed by atoms with Crippen LogP contribution in [0.1, 0.15) is 5.56 Å². The van der Waals surface area contributed by atoms with E-state index in [1.54, 1.807) is 31.6 Å². The van der Waals surface area contributed by atoms with Gasteiger partial charge in [-0.15, -0.1) is 0 Å². The zero-order valence-electron chi connectivity index (χ0n) is 13.5. The molecule has 0 atom stereocenters. The summed E-state index contributed by atoms with van der Waals surface area (Å²) in [6.07, 6.45) is 3.30. The zero-order valence-corrected chi connectivity index (χ0v) is 15.9. The third kappa shape index (κ3) is 4.54. The molecule has 0 saturated heterocycles. The van der Waals surface area contributed by atoms with Gasteiger partial charge in [0.15, 0.2) is 0 Å². The number of hydrogen-bond acceptors (Lipinski definition) is 5. The van der Waals surface area contributed by atoms with E-state index in [1.807, 2.05) is 6.07 Å². The van der Waals surface area contributed by atoms with Gasteiger partial charge < -0.3 is 9.47 Å². The lowest BCUT2D eigenvalue weighted by atomic mass is 10.3. The standard InChI is InChI=1S/C16H19BrN2O4S/c1-22-9-8-19(12-13-4-3-7-18-11-13)24(20,21)14-5-6-16(23-2)15(17)10-14/h3-7,10-11H,8-9,12H2,1-2H3. The second-order valence-electron chi connectivity index (χ2n) is 4.99. The molecule has 0 N–H and O–H groups in total. The van der Waals surface area contributed by atoms with Gasteiger partial charge in [0, 0.05) is 32.6 Å². The minimum absolute atomic E-state index is 0.190. The Morgan fingerprint density at radius 3 is 2.62 bits per heavy atom. The first kappa shape index (κ1) is 18.9. The number of ether oxygens (including phenoxy) is 2. The van der Waals surface area contributed by atoms with E-state index in [0.717, 1.165) is 5.56 Å². The van der Waals surface area contributed by atoms with E-state index in [-0.39, 0.29) is 18.0 Å². The molecule has 0 unspecified atom stereocenters. The Morgan fingerprint density at radius 2 is 2.04 bits per heavy atom. The molecule has 2 aromatic rings. The average molecular weight is 415 g/mol. The molecule has 6 nitrogen and oxygen atoms in total. The Labute approximate surface area is 150 Å². The van der Waals surface area contributed by atoms with Gasteiger partial charge in [-0.1, -0.05) is 6.07 Å². The zero-order chi connectivity index (χ0) is 17.6. The quantitative estimate of drug-likeness (QED) is 0.663. The van der Waals surface area contributed by atoms with Gasteiger partial charge in [0.1, 0.15) is 5.75 Å². The largest absolute Gasteiger partial charge is 0.496 e. The Morgan fingerprint density at radius 1 is 1.25 bits per heavy atom. The second kappa shape index (κ2) is 8.57. The van der Waals surface area contributed by atoms with Crippen molar-refractivity contribution in [1.82, 2.24) is 9.29 Å². The van der Waals surface area contributed by atoms with Crippen LogP contribution in [0.25, 0.3) is 0 Å². The van der Waals surface area contributed by atoms with E-state index in [4.69, 9.17) is 9.47 Å². The predicted molar refractivity (Wildman–Crippen MR) is 94.4 cm³/mol. The maximum atomic E-state index is 13.0. The molecule has 1 aromatic heterocycles. The van der Waals surface area contributed by atoms with Crippen LogP contribution in [0, 0.1) is 0 Å². The van der Waals surface area contributed by atoms with Gasteiger partial charge in [-0.05, 0) is 45.8 Å². The summed E-state index contributed by atoms with van der Waals surface area (Å²) in [4.78, 5) is 4.22. The van der Waals surface area contributed by atoms with Crippen molar-refractivity contribution in [3.8, 4) is 5.75 Å². The summed E-state index contributed by atoms with van der Waals surface area (Å²) in [5, 5.41) is 0. The number of rotatable bonds is 8. The van der Waals surface area contributed by atoms with Crippen molar-refractivity contribution in [3.63, 3.8) is 0 Å². The summed E-state index contributed by atoms with van der Waals surface area (Å²) in [7, 11) is -0.609. The van der Waals surface area contributed by atoms with Gasteiger partial charge in [0.25, 0.3) is 0 Å². The minimum Gasteiger partial charge on any atom is -0.496 e. The molecule has 130 valence electrons. The van der Waals surface area contributed by atoms with Gasteiger partial charge in [-0.2, -0.15) is 4.31 Å². The molecule has 0 amide bonds. The van der Waals surface area contributed by atoms with E-state index in [2.05, 4.69) is 20.9 Å².